The molecule has 0 aromatic carbocycles. The van der Waals surface area contributed by atoms with Crippen molar-refractivity contribution >= 4 is 9.84 Å². The van der Waals surface area contributed by atoms with E-state index in [-0.39, 0.29) is 11.6 Å². The molecule has 1 N–H and O–H groups in total. The summed E-state index contributed by atoms with van der Waals surface area (Å²) in [7, 11) is -3.10. The lowest BCUT2D eigenvalue weighted by Crippen LogP contribution is -2.17. The van der Waals surface area contributed by atoms with Crippen LogP contribution in [-0.4, -0.2) is 38.0 Å². The maximum absolute atomic E-state index is 11.0. The van der Waals surface area contributed by atoms with Crippen LogP contribution in [0.3, 0.4) is 0 Å². The van der Waals surface area contributed by atoms with E-state index in [1.165, 1.54) is 0 Å². The number of hydrogen-bond donors (Lipinski definition) is 1. The smallest absolute Gasteiger partial charge is 0.231 e. The maximum Gasteiger partial charge on any atom is 0.231 e. The number of nitrogens with zero attached hydrogens (tertiary/aromatic N) is 2. The molecule has 0 aliphatic carbocycles. The molecule has 0 aliphatic rings. The number of nitrogens with one attached hydrogen (secondary N) is 1. The number of rotatable bonds is 7. The van der Waals surface area contributed by atoms with Gasteiger partial charge in [-0.15, -0.1) is 10.2 Å². The lowest BCUT2D eigenvalue weighted by molar-refractivity contribution is 0.454. The molecule has 0 bridgehead atoms. The first kappa shape index (κ1) is 13.1. The minimum atomic E-state index is -3.10. The molecule has 1 aromatic rings. The highest BCUT2D eigenvalue weighted by molar-refractivity contribution is 7.89. The Morgan fingerprint density at radius 1 is 1.25 bits per heavy atom. The zero-order valence-corrected chi connectivity index (χ0v) is 10.4. The SMILES string of the molecule is CCCNCCc1nnc(CS(C)(=O)=O)o1. The molecule has 1 heterocycles. The number of aromatic nitrogens is 2. The molecular formula is C9H17N3O3S. The Bertz CT molecular complexity index is 413. The minimum Gasteiger partial charge on any atom is -0.424 e. The van der Waals surface area contributed by atoms with Crippen LogP contribution in [0.25, 0.3) is 0 Å². The van der Waals surface area contributed by atoms with Crippen LogP contribution in [0.5, 0.6) is 0 Å². The second kappa shape index (κ2) is 5.95. The van der Waals surface area contributed by atoms with Crippen LogP contribution in [0.4, 0.5) is 0 Å². The average molecular weight is 247 g/mol. The minimum absolute atomic E-state index is 0.160. The zero-order chi connectivity index (χ0) is 12.0. The molecule has 16 heavy (non-hydrogen) atoms. The standard InChI is InChI=1S/C9H17N3O3S/c1-3-5-10-6-4-8-11-12-9(15-8)7-16(2,13)14/h10H,3-7H2,1-2H3. The van der Waals surface area contributed by atoms with Crippen LogP contribution < -0.4 is 5.32 Å². The monoisotopic (exact) mass is 247 g/mol. The molecule has 0 spiro atoms. The van der Waals surface area contributed by atoms with Crippen LogP contribution in [0.2, 0.25) is 0 Å². The van der Waals surface area contributed by atoms with Crippen molar-refractivity contribution in [1.29, 1.82) is 0 Å². The Morgan fingerprint density at radius 2 is 1.94 bits per heavy atom. The summed E-state index contributed by atoms with van der Waals surface area (Å²) in [5.74, 6) is 0.442. The van der Waals surface area contributed by atoms with E-state index in [0.717, 1.165) is 25.8 Å². The molecule has 7 heteroatoms. The summed E-state index contributed by atoms with van der Waals surface area (Å²) >= 11 is 0. The van der Waals surface area contributed by atoms with Gasteiger partial charge in [0.05, 0.1) is 0 Å². The van der Waals surface area contributed by atoms with Crippen molar-refractivity contribution in [3.8, 4) is 0 Å². The molecule has 0 radical (unpaired) electrons. The van der Waals surface area contributed by atoms with Crippen LogP contribution in [0.1, 0.15) is 25.1 Å². The third kappa shape index (κ3) is 5.22. The van der Waals surface area contributed by atoms with Crippen molar-refractivity contribution in [3.05, 3.63) is 11.8 Å². The van der Waals surface area contributed by atoms with Crippen molar-refractivity contribution < 1.29 is 12.8 Å². The molecule has 0 fully saturated rings. The summed E-state index contributed by atoms with van der Waals surface area (Å²) in [5, 5.41) is 10.6. The quantitative estimate of drug-likeness (QED) is 0.691. The van der Waals surface area contributed by atoms with E-state index in [1.807, 2.05) is 0 Å². The van der Waals surface area contributed by atoms with Gasteiger partial charge in [0.15, 0.2) is 9.84 Å². The first-order chi connectivity index (χ1) is 7.51. The van der Waals surface area contributed by atoms with Gasteiger partial charge >= 0.3 is 0 Å². The second-order valence-electron chi connectivity index (χ2n) is 3.66. The summed E-state index contributed by atoms with van der Waals surface area (Å²) in [6, 6.07) is 0. The van der Waals surface area contributed by atoms with E-state index >= 15 is 0 Å². The van der Waals surface area contributed by atoms with Crippen molar-refractivity contribution in [1.82, 2.24) is 15.5 Å². The topological polar surface area (TPSA) is 85.1 Å². The molecule has 0 amide bonds. The second-order valence-corrected chi connectivity index (χ2v) is 5.80. The van der Waals surface area contributed by atoms with Gasteiger partial charge in [-0.2, -0.15) is 0 Å². The van der Waals surface area contributed by atoms with E-state index in [1.54, 1.807) is 0 Å². The Kier molecular flexibility index (Phi) is 4.88. The lowest BCUT2D eigenvalue weighted by atomic mass is 10.4. The van der Waals surface area contributed by atoms with Gasteiger partial charge in [0.2, 0.25) is 11.8 Å². The molecule has 6 nitrogen and oxygen atoms in total. The predicted molar refractivity (Wildman–Crippen MR) is 59.7 cm³/mol. The fraction of sp³-hybridized carbons (Fsp3) is 0.778. The van der Waals surface area contributed by atoms with Gasteiger partial charge in [-0.1, -0.05) is 6.92 Å². The average Bonchev–Trinajstić information content (AvgIpc) is 2.58. The van der Waals surface area contributed by atoms with E-state index in [0.29, 0.717) is 12.3 Å². The highest BCUT2D eigenvalue weighted by atomic mass is 32.2. The third-order valence-electron chi connectivity index (χ3n) is 1.84. The van der Waals surface area contributed by atoms with E-state index in [9.17, 15) is 8.42 Å². The fourth-order valence-electron chi connectivity index (χ4n) is 1.17. The molecule has 1 aromatic heterocycles. The Labute approximate surface area is 95.4 Å². The summed E-state index contributed by atoms with van der Waals surface area (Å²) < 4.78 is 27.1. The molecule has 0 atom stereocenters. The lowest BCUT2D eigenvalue weighted by Gasteiger charge is -1.98. The van der Waals surface area contributed by atoms with E-state index in [4.69, 9.17) is 4.42 Å². The fourth-order valence-corrected chi connectivity index (χ4v) is 1.73. The van der Waals surface area contributed by atoms with Crippen LogP contribution in [0.15, 0.2) is 4.42 Å². The van der Waals surface area contributed by atoms with E-state index in [2.05, 4.69) is 22.4 Å². The number of sulfone groups is 1. The number of hydrogen-bond acceptors (Lipinski definition) is 6. The molecule has 0 saturated heterocycles. The van der Waals surface area contributed by atoms with Crippen LogP contribution in [0, 0.1) is 0 Å². The third-order valence-corrected chi connectivity index (χ3v) is 2.61. The summed E-state index contributed by atoms with van der Waals surface area (Å²) in [6.07, 6.45) is 2.83. The van der Waals surface area contributed by atoms with Crippen LogP contribution >= 0.6 is 0 Å². The Balaban J connectivity index is 2.40. The van der Waals surface area contributed by atoms with Gasteiger partial charge in [-0.25, -0.2) is 8.42 Å². The molecule has 92 valence electrons. The Morgan fingerprint density at radius 3 is 2.56 bits per heavy atom. The van der Waals surface area contributed by atoms with Gasteiger partial charge in [-0.3, -0.25) is 0 Å². The molecule has 0 aliphatic heterocycles. The molecular weight excluding hydrogens is 230 g/mol. The van der Waals surface area contributed by atoms with Crippen molar-refractivity contribution in [2.45, 2.75) is 25.5 Å². The summed E-state index contributed by atoms with van der Waals surface area (Å²) in [5.41, 5.74) is 0. The highest BCUT2D eigenvalue weighted by Gasteiger charge is 2.11. The highest BCUT2D eigenvalue weighted by Crippen LogP contribution is 2.04. The zero-order valence-electron chi connectivity index (χ0n) is 9.56. The van der Waals surface area contributed by atoms with Gasteiger partial charge in [0, 0.05) is 19.2 Å². The molecule has 1 rings (SSSR count). The normalized spacial score (nSPS) is 11.9. The summed E-state index contributed by atoms with van der Waals surface area (Å²) in [6.45, 7) is 3.79. The van der Waals surface area contributed by atoms with Crippen molar-refractivity contribution in [2.75, 3.05) is 19.3 Å². The van der Waals surface area contributed by atoms with Gasteiger partial charge < -0.3 is 9.73 Å². The first-order valence-corrected chi connectivity index (χ1v) is 7.27. The van der Waals surface area contributed by atoms with Gasteiger partial charge in [0.1, 0.15) is 5.75 Å². The largest absolute Gasteiger partial charge is 0.424 e. The molecule has 0 saturated carbocycles. The predicted octanol–water partition coefficient (Wildman–Crippen LogP) is 0.156. The van der Waals surface area contributed by atoms with Crippen LogP contribution in [-0.2, 0) is 22.0 Å². The maximum atomic E-state index is 11.0. The van der Waals surface area contributed by atoms with E-state index < -0.39 is 9.84 Å². The molecule has 0 unspecified atom stereocenters. The van der Waals surface area contributed by atoms with Gasteiger partial charge in [0.25, 0.3) is 0 Å². The summed E-state index contributed by atoms with van der Waals surface area (Å²) in [4.78, 5) is 0. The van der Waals surface area contributed by atoms with Crippen molar-refractivity contribution in [2.24, 2.45) is 0 Å². The first-order valence-electron chi connectivity index (χ1n) is 5.21. The Hall–Kier alpha value is -0.950. The van der Waals surface area contributed by atoms with Gasteiger partial charge in [-0.05, 0) is 13.0 Å². The van der Waals surface area contributed by atoms with Crippen molar-refractivity contribution in [3.63, 3.8) is 0 Å².